The predicted octanol–water partition coefficient (Wildman–Crippen LogP) is -0.234. The molecule has 0 radical (unpaired) electrons. The second-order valence-corrected chi connectivity index (χ2v) is 7.91. The van der Waals surface area contributed by atoms with E-state index >= 15 is 0 Å². The van der Waals surface area contributed by atoms with Crippen molar-refractivity contribution in [1.82, 2.24) is 0 Å². The Morgan fingerprint density at radius 2 is 1.67 bits per heavy atom. The van der Waals surface area contributed by atoms with E-state index in [-0.39, 0.29) is 27.6 Å². The Balaban J connectivity index is 1.74. The molecule has 0 amide bonds. The lowest BCUT2D eigenvalue weighted by Gasteiger charge is -2.60. The summed E-state index contributed by atoms with van der Waals surface area (Å²) < 4.78 is 0. The molecule has 4 fully saturated rings. The molecule has 4 aliphatic heterocycles. The minimum Gasteiger partial charge on any atom is -0.297 e. The van der Waals surface area contributed by atoms with Gasteiger partial charge in [0, 0.05) is 12.1 Å². The Hall–Kier alpha value is -1.79. The van der Waals surface area contributed by atoms with Gasteiger partial charge in [-0.25, -0.2) is 0 Å². The fraction of sp³-hybridized carbons (Fsp3) is 0.611. The Kier molecular flexibility index (Phi) is 3.34. The highest BCUT2D eigenvalue weighted by Crippen LogP contribution is 2.40. The Morgan fingerprint density at radius 1 is 1.12 bits per heavy atom. The second-order valence-electron chi connectivity index (χ2n) is 7.91. The number of carbonyl (C=O) groups excluding carboxylic acids is 1. The van der Waals surface area contributed by atoms with Crippen LogP contribution in [0, 0.1) is 20.9 Å². The SMILES string of the molecule is CCC12C[NH+]3CC(CC)(C[NH+](C1)C3c1cccc([N+](=O)[O-])c1)C2=O. The fourth-order valence-electron chi connectivity index (χ4n) is 5.68. The maximum absolute atomic E-state index is 13.2. The smallest absolute Gasteiger partial charge is 0.270 e. The summed E-state index contributed by atoms with van der Waals surface area (Å²) in [6.45, 7) is 7.78. The first kappa shape index (κ1) is 15.7. The molecule has 0 aliphatic carbocycles. The number of carbonyl (C=O) groups is 1. The number of benzene rings is 1. The van der Waals surface area contributed by atoms with Gasteiger partial charge in [0.15, 0.2) is 5.78 Å². The third-order valence-electron chi connectivity index (χ3n) is 6.81. The highest BCUT2D eigenvalue weighted by Gasteiger charge is 2.70. The molecular weight excluding hydrogens is 306 g/mol. The van der Waals surface area contributed by atoms with Gasteiger partial charge in [-0.15, -0.1) is 0 Å². The number of piperidine rings is 2. The normalized spacial score (nSPS) is 40.1. The van der Waals surface area contributed by atoms with Crippen LogP contribution in [0.25, 0.3) is 0 Å². The van der Waals surface area contributed by atoms with Gasteiger partial charge in [-0.2, -0.15) is 0 Å². The molecule has 5 rings (SSSR count). The number of hydrogen-bond acceptors (Lipinski definition) is 3. The summed E-state index contributed by atoms with van der Waals surface area (Å²) >= 11 is 0. The van der Waals surface area contributed by atoms with Crippen molar-refractivity contribution in [3.05, 3.63) is 39.9 Å². The van der Waals surface area contributed by atoms with Crippen LogP contribution in [0.2, 0.25) is 0 Å². The summed E-state index contributed by atoms with van der Waals surface area (Å²) in [7, 11) is 0. The highest BCUT2D eigenvalue weighted by atomic mass is 16.6. The molecule has 24 heavy (non-hydrogen) atoms. The molecule has 2 N–H and O–H groups in total. The number of nitrogens with zero attached hydrogens (tertiary/aromatic N) is 1. The zero-order valence-corrected chi connectivity index (χ0v) is 14.3. The van der Waals surface area contributed by atoms with E-state index in [1.54, 1.807) is 18.2 Å². The zero-order valence-electron chi connectivity index (χ0n) is 14.3. The van der Waals surface area contributed by atoms with Crippen molar-refractivity contribution in [3.63, 3.8) is 0 Å². The van der Waals surface area contributed by atoms with Gasteiger partial charge >= 0.3 is 0 Å². The molecular formula is C18H25N3O3+2. The van der Waals surface area contributed by atoms with E-state index in [0.29, 0.717) is 5.78 Å². The van der Waals surface area contributed by atoms with Crippen molar-refractivity contribution in [1.29, 1.82) is 0 Å². The Labute approximate surface area is 141 Å². The topological polar surface area (TPSA) is 69.1 Å². The average molecular weight is 331 g/mol. The Morgan fingerprint density at radius 3 is 2.12 bits per heavy atom. The standard InChI is InChI=1S/C18H23N3O3/c1-3-17-9-19-11-18(4-2,16(17)22)12-20(10-17)15(19)13-6-5-7-14(8-13)21(23)24/h5-8,15H,3-4,9-12H2,1-2H3/p+2. The van der Waals surface area contributed by atoms with Crippen LogP contribution in [0.1, 0.15) is 38.4 Å². The number of Topliss-reactive ketones (excluding diaryl/α,β-unsaturated/α-hetero) is 1. The molecule has 4 aliphatic rings. The van der Waals surface area contributed by atoms with Crippen molar-refractivity contribution in [3.8, 4) is 0 Å². The number of non-ortho nitro benzene ring substituents is 1. The Bertz CT molecular complexity index is 675. The van der Waals surface area contributed by atoms with E-state index in [1.807, 2.05) is 6.07 Å². The molecule has 0 unspecified atom stereocenters. The molecule has 128 valence electrons. The van der Waals surface area contributed by atoms with E-state index in [4.69, 9.17) is 0 Å². The van der Waals surface area contributed by atoms with Crippen molar-refractivity contribution in [2.45, 2.75) is 32.9 Å². The molecule has 6 nitrogen and oxygen atoms in total. The van der Waals surface area contributed by atoms with Gasteiger partial charge < -0.3 is 0 Å². The lowest BCUT2D eigenvalue weighted by atomic mass is 9.58. The second kappa shape index (κ2) is 5.10. The van der Waals surface area contributed by atoms with Crippen LogP contribution in [0.5, 0.6) is 0 Å². The van der Waals surface area contributed by atoms with Gasteiger partial charge in [0.1, 0.15) is 37.0 Å². The summed E-state index contributed by atoms with van der Waals surface area (Å²) in [4.78, 5) is 26.8. The molecule has 6 heteroatoms. The number of ketones is 1. The minimum absolute atomic E-state index is 0.161. The van der Waals surface area contributed by atoms with Crippen LogP contribution in [0.15, 0.2) is 24.3 Å². The van der Waals surface area contributed by atoms with Crippen LogP contribution in [0.3, 0.4) is 0 Å². The van der Waals surface area contributed by atoms with Gasteiger partial charge in [0.2, 0.25) is 6.17 Å². The monoisotopic (exact) mass is 331 g/mol. The molecule has 4 bridgehead atoms. The lowest BCUT2D eigenvalue weighted by molar-refractivity contribution is -1.18. The zero-order chi connectivity index (χ0) is 17.1. The summed E-state index contributed by atoms with van der Waals surface area (Å²) in [5.74, 6) is 0.491. The van der Waals surface area contributed by atoms with Crippen LogP contribution in [-0.2, 0) is 4.79 Å². The molecule has 4 saturated heterocycles. The lowest BCUT2D eigenvalue weighted by Crippen LogP contribution is -3.41. The third-order valence-corrected chi connectivity index (χ3v) is 6.81. The van der Waals surface area contributed by atoms with Gasteiger partial charge in [0.05, 0.1) is 10.5 Å². The number of quaternary nitrogens is 2. The quantitative estimate of drug-likeness (QED) is 0.591. The minimum atomic E-state index is -0.320. The van der Waals surface area contributed by atoms with Crippen LogP contribution in [-0.4, -0.2) is 36.9 Å². The predicted molar refractivity (Wildman–Crippen MR) is 87.7 cm³/mol. The van der Waals surface area contributed by atoms with Crippen LogP contribution < -0.4 is 9.80 Å². The summed E-state index contributed by atoms with van der Waals surface area (Å²) in [5, 5.41) is 11.1. The van der Waals surface area contributed by atoms with Crippen molar-refractivity contribution in [2.24, 2.45) is 10.8 Å². The average Bonchev–Trinajstić information content (AvgIpc) is 2.58. The fourth-order valence-corrected chi connectivity index (χ4v) is 5.68. The third kappa shape index (κ3) is 1.93. The number of nitro groups is 1. The summed E-state index contributed by atoms with van der Waals surface area (Å²) in [6.07, 6.45) is 2.03. The number of rotatable bonds is 4. The maximum atomic E-state index is 13.2. The van der Waals surface area contributed by atoms with Crippen molar-refractivity contribution < 1.29 is 19.5 Å². The molecule has 0 atom stereocenters. The molecule has 0 spiro atoms. The molecule has 0 saturated carbocycles. The first-order valence-corrected chi connectivity index (χ1v) is 8.93. The number of hydrogen-bond donors (Lipinski definition) is 2. The summed E-state index contributed by atoms with van der Waals surface area (Å²) in [6, 6.07) is 7.08. The van der Waals surface area contributed by atoms with Crippen molar-refractivity contribution >= 4 is 11.5 Å². The first-order valence-electron chi connectivity index (χ1n) is 8.93. The van der Waals surface area contributed by atoms with Crippen LogP contribution in [0.4, 0.5) is 5.69 Å². The van der Waals surface area contributed by atoms with Gasteiger partial charge in [-0.3, -0.25) is 24.7 Å². The van der Waals surface area contributed by atoms with Gasteiger partial charge in [-0.05, 0) is 18.9 Å². The van der Waals surface area contributed by atoms with Crippen LogP contribution >= 0.6 is 0 Å². The number of nitrogens with one attached hydrogen (secondary N) is 2. The van der Waals surface area contributed by atoms with Crippen molar-refractivity contribution in [2.75, 3.05) is 26.2 Å². The summed E-state index contributed by atoms with van der Waals surface area (Å²) in [5.41, 5.74) is 0.829. The molecule has 4 heterocycles. The maximum Gasteiger partial charge on any atom is 0.270 e. The van der Waals surface area contributed by atoms with E-state index in [9.17, 15) is 14.9 Å². The highest BCUT2D eigenvalue weighted by molar-refractivity contribution is 5.92. The van der Waals surface area contributed by atoms with E-state index < -0.39 is 0 Å². The first-order chi connectivity index (χ1) is 11.4. The number of nitro benzene ring substituents is 1. The molecule has 0 aromatic heterocycles. The van der Waals surface area contributed by atoms with Gasteiger partial charge in [0.25, 0.3) is 5.69 Å². The van der Waals surface area contributed by atoms with Gasteiger partial charge in [-0.1, -0.05) is 19.9 Å². The van der Waals surface area contributed by atoms with E-state index in [1.165, 1.54) is 9.80 Å². The van der Waals surface area contributed by atoms with E-state index in [0.717, 1.165) is 44.6 Å². The molecule has 1 aromatic rings. The molecule has 1 aromatic carbocycles. The largest absolute Gasteiger partial charge is 0.297 e. The van der Waals surface area contributed by atoms with E-state index in [2.05, 4.69) is 13.8 Å².